The molecule has 0 radical (unpaired) electrons. The molecule has 6 nitrogen and oxygen atoms in total. The van der Waals surface area contributed by atoms with E-state index in [-0.39, 0.29) is 11.9 Å². The molecule has 0 saturated heterocycles. The van der Waals surface area contributed by atoms with Gasteiger partial charge in [-0.3, -0.25) is 9.59 Å². The van der Waals surface area contributed by atoms with Crippen molar-refractivity contribution in [3.05, 3.63) is 54.2 Å². The number of aromatic nitrogens is 1. The lowest BCUT2D eigenvalue weighted by Gasteiger charge is -2.34. The number of hydrogen-bond acceptors (Lipinski definition) is 5. The summed E-state index contributed by atoms with van der Waals surface area (Å²) in [4.78, 5) is 34.1. The normalized spacial score (nSPS) is 14.5. The van der Waals surface area contributed by atoms with Gasteiger partial charge in [-0.2, -0.15) is 0 Å². The van der Waals surface area contributed by atoms with E-state index >= 15 is 0 Å². The fourth-order valence-corrected chi connectivity index (χ4v) is 3.25. The Kier molecular flexibility index (Phi) is 5.84. The van der Waals surface area contributed by atoms with E-state index in [9.17, 15) is 9.59 Å². The van der Waals surface area contributed by atoms with Crippen LogP contribution in [-0.4, -0.2) is 22.9 Å². The molecule has 1 fully saturated rings. The summed E-state index contributed by atoms with van der Waals surface area (Å²) in [6.45, 7) is 1.38. The maximum Gasteiger partial charge on any atom is 0.329 e. The van der Waals surface area contributed by atoms with Gasteiger partial charge in [0.05, 0.1) is 17.3 Å². The minimum atomic E-state index is -0.393. The van der Waals surface area contributed by atoms with Gasteiger partial charge in [-0.25, -0.2) is 10.0 Å². The molecule has 3 rings (SSSR count). The lowest BCUT2D eigenvalue weighted by molar-refractivity contribution is -0.143. The molecule has 0 unspecified atom stereocenters. The zero-order chi connectivity index (χ0) is 18.4. The number of carbonyl (C=O) groups excluding carboxylic acids is 2. The van der Waals surface area contributed by atoms with Gasteiger partial charge in [-0.05, 0) is 37.1 Å². The predicted octanol–water partition coefficient (Wildman–Crippen LogP) is 3.95. The molecule has 136 valence electrons. The van der Waals surface area contributed by atoms with Crippen LogP contribution in [0.15, 0.2) is 48.7 Å². The van der Waals surface area contributed by atoms with Crippen LogP contribution in [0.3, 0.4) is 0 Å². The van der Waals surface area contributed by atoms with Crippen LogP contribution in [0.1, 0.15) is 49.4 Å². The molecule has 2 aromatic rings. The number of hydrogen-bond donors (Lipinski definition) is 1. The van der Waals surface area contributed by atoms with Gasteiger partial charge in [0, 0.05) is 13.1 Å². The minimum absolute atomic E-state index is 0.0800. The molecule has 0 spiro atoms. The van der Waals surface area contributed by atoms with Crippen molar-refractivity contribution in [2.75, 3.05) is 10.4 Å². The van der Waals surface area contributed by atoms with Crippen molar-refractivity contribution in [1.82, 2.24) is 4.98 Å². The van der Waals surface area contributed by atoms with E-state index in [4.69, 9.17) is 4.84 Å². The molecule has 1 N–H and O–H groups in total. The number of amides is 1. The Labute approximate surface area is 153 Å². The Morgan fingerprint density at radius 2 is 1.81 bits per heavy atom. The average Bonchev–Trinajstić information content (AvgIpc) is 2.67. The van der Waals surface area contributed by atoms with Crippen molar-refractivity contribution in [1.29, 1.82) is 0 Å². The number of para-hydroxylation sites is 1. The highest BCUT2D eigenvalue weighted by Gasteiger charge is 2.27. The summed E-state index contributed by atoms with van der Waals surface area (Å²) in [6.07, 6.45) is 6.85. The lowest BCUT2D eigenvalue weighted by Crippen LogP contribution is -2.39. The fraction of sp³-hybridized carbons (Fsp3) is 0.350. The second-order valence-corrected chi connectivity index (χ2v) is 6.39. The third-order valence-electron chi connectivity index (χ3n) is 4.43. The first-order chi connectivity index (χ1) is 12.6. The molecule has 1 amide bonds. The van der Waals surface area contributed by atoms with Gasteiger partial charge >= 0.3 is 5.97 Å². The number of nitrogens with zero attached hydrogens (tertiary/aromatic N) is 2. The molecular weight excluding hydrogens is 330 g/mol. The van der Waals surface area contributed by atoms with E-state index < -0.39 is 5.97 Å². The summed E-state index contributed by atoms with van der Waals surface area (Å²) in [7, 11) is 0. The summed E-state index contributed by atoms with van der Waals surface area (Å²) in [5, 5.41) is 4.41. The van der Waals surface area contributed by atoms with E-state index in [0.717, 1.165) is 25.7 Å². The number of nitrogens with one attached hydrogen (secondary N) is 1. The molecule has 0 atom stereocenters. The van der Waals surface area contributed by atoms with Gasteiger partial charge in [0.15, 0.2) is 0 Å². The number of hydroxylamine groups is 1. The molecule has 0 aliphatic heterocycles. The van der Waals surface area contributed by atoms with Gasteiger partial charge in [-0.15, -0.1) is 0 Å². The molecule has 0 bridgehead atoms. The molecule has 1 heterocycles. The number of rotatable bonds is 5. The van der Waals surface area contributed by atoms with Crippen molar-refractivity contribution in [3.63, 3.8) is 0 Å². The Bertz CT molecular complexity index is 758. The SMILES string of the molecule is CC(=O)ON(c1ccccc1C(=O)Nc1ccccn1)C1CCCCC1. The molecule has 1 aromatic heterocycles. The summed E-state index contributed by atoms with van der Waals surface area (Å²) in [5.41, 5.74) is 1.05. The quantitative estimate of drug-likeness (QED) is 0.824. The molecular formula is C20H23N3O3. The molecule has 1 saturated carbocycles. The Morgan fingerprint density at radius 1 is 1.08 bits per heavy atom. The van der Waals surface area contributed by atoms with Crippen LogP contribution in [-0.2, 0) is 9.63 Å². The Hall–Kier alpha value is -2.89. The zero-order valence-electron chi connectivity index (χ0n) is 14.9. The molecule has 1 aliphatic carbocycles. The van der Waals surface area contributed by atoms with Crippen molar-refractivity contribution in [3.8, 4) is 0 Å². The van der Waals surface area contributed by atoms with E-state index in [2.05, 4.69) is 10.3 Å². The monoisotopic (exact) mass is 353 g/mol. The van der Waals surface area contributed by atoms with Crippen molar-refractivity contribution in [2.45, 2.75) is 45.1 Å². The van der Waals surface area contributed by atoms with E-state index in [0.29, 0.717) is 17.1 Å². The van der Waals surface area contributed by atoms with E-state index in [1.165, 1.54) is 13.3 Å². The second kappa shape index (κ2) is 8.47. The van der Waals surface area contributed by atoms with Crippen LogP contribution < -0.4 is 10.4 Å². The third-order valence-corrected chi connectivity index (χ3v) is 4.43. The van der Waals surface area contributed by atoms with Crippen LogP contribution in [0.5, 0.6) is 0 Å². The summed E-state index contributed by atoms with van der Waals surface area (Å²) in [5.74, 6) is -0.202. The van der Waals surface area contributed by atoms with Crippen LogP contribution in [0.4, 0.5) is 11.5 Å². The maximum absolute atomic E-state index is 12.8. The van der Waals surface area contributed by atoms with Crippen molar-refractivity contribution < 1.29 is 14.4 Å². The highest BCUT2D eigenvalue weighted by atomic mass is 16.7. The highest BCUT2D eigenvalue weighted by molar-refractivity contribution is 6.07. The Morgan fingerprint density at radius 3 is 2.50 bits per heavy atom. The van der Waals surface area contributed by atoms with Crippen LogP contribution >= 0.6 is 0 Å². The van der Waals surface area contributed by atoms with Gasteiger partial charge in [0.1, 0.15) is 5.82 Å². The lowest BCUT2D eigenvalue weighted by atomic mass is 9.94. The number of anilines is 2. The summed E-state index contributed by atoms with van der Waals surface area (Å²) >= 11 is 0. The second-order valence-electron chi connectivity index (χ2n) is 6.39. The highest BCUT2D eigenvalue weighted by Crippen LogP contribution is 2.30. The first kappa shape index (κ1) is 17.9. The predicted molar refractivity (Wildman–Crippen MR) is 99.8 cm³/mol. The Balaban J connectivity index is 1.89. The van der Waals surface area contributed by atoms with Gasteiger partial charge in [0.2, 0.25) is 0 Å². The van der Waals surface area contributed by atoms with Crippen LogP contribution in [0.2, 0.25) is 0 Å². The molecule has 26 heavy (non-hydrogen) atoms. The first-order valence-electron chi connectivity index (χ1n) is 8.94. The standard InChI is InChI=1S/C20H23N3O3/c1-15(24)26-23(16-9-3-2-4-10-16)18-12-6-5-11-17(18)20(25)22-19-13-7-8-14-21-19/h5-8,11-14,16H,2-4,9-10H2,1H3,(H,21,22,25). The van der Waals surface area contributed by atoms with Crippen molar-refractivity contribution in [2.24, 2.45) is 0 Å². The first-order valence-corrected chi connectivity index (χ1v) is 8.94. The van der Waals surface area contributed by atoms with Crippen LogP contribution in [0, 0.1) is 0 Å². The smallest absolute Gasteiger partial charge is 0.329 e. The van der Waals surface area contributed by atoms with Gasteiger partial charge in [0.25, 0.3) is 5.91 Å². The third kappa shape index (κ3) is 4.39. The van der Waals surface area contributed by atoms with E-state index in [1.807, 2.05) is 18.2 Å². The van der Waals surface area contributed by atoms with E-state index in [1.54, 1.807) is 35.5 Å². The zero-order valence-corrected chi connectivity index (χ0v) is 14.9. The summed E-state index contributed by atoms with van der Waals surface area (Å²) < 4.78 is 0. The number of carbonyl (C=O) groups is 2. The number of pyridine rings is 1. The van der Waals surface area contributed by atoms with Gasteiger partial charge < -0.3 is 10.2 Å². The van der Waals surface area contributed by atoms with Crippen LogP contribution in [0.25, 0.3) is 0 Å². The molecule has 1 aromatic carbocycles. The average molecular weight is 353 g/mol. The largest absolute Gasteiger partial charge is 0.341 e. The van der Waals surface area contributed by atoms with Gasteiger partial charge in [-0.1, -0.05) is 37.5 Å². The topological polar surface area (TPSA) is 71.5 Å². The molecule has 6 heteroatoms. The summed E-state index contributed by atoms with van der Waals surface area (Å²) in [6, 6.07) is 12.6. The number of benzene rings is 1. The van der Waals surface area contributed by atoms with Crippen molar-refractivity contribution >= 4 is 23.4 Å². The maximum atomic E-state index is 12.8. The molecule has 1 aliphatic rings. The fourth-order valence-electron chi connectivity index (χ4n) is 3.25. The minimum Gasteiger partial charge on any atom is -0.341 e.